The first kappa shape index (κ1) is 41.1. The van der Waals surface area contributed by atoms with E-state index in [4.69, 9.17) is 10.8 Å². The van der Waals surface area contributed by atoms with E-state index in [2.05, 4.69) is 62.9 Å². The molecule has 2 atom stereocenters. The second-order valence-corrected chi connectivity index (χ2v) is 13.4. The number of carbonyl (C=O) groups excluding carboxylic acids is 2. The third-order valence-corrected chi connectivity index (χ3v) is 9.52. The zero-order chi connectivity index (χ0) is 34.9. The van der Waals surface area contributed by atoms with Gasteiger partial charge in [0.15, 0.2) is 17.3 Å². The standard InChI is InChI=1S/C26H25NO3.C8H15.C8H10.C2H6.FH/c1-2-18-8-11-24-22(16-18)17-25(30-24)23(28)10-7-19-4-3-5-20(9-6-19)26(29)21-12-14-27-15-13-21;2*1-7-3-5-8(2)6-4-7;1-2;/h1,8,11-17,19-20H,3-7,9-10H2;7-8H,1,3-6H2,2H3;3-6H,1-2H3;1-2H3;1H. The van der Waals surface area contributed by atoms with Crippen LogP contribution in [0.25, 0.3) is 11.0 Å². The number of benzene rings is 2. The molecule has 2 aromatic heterocycles. The van der Waals surface area contributed by atoms with E-state index < -0.39 is 0 Å². The number of ketones is 2. The van der Waals surface area contributed by atoms with Crippen LogP contribution in [0.5, 0.6) is 0 Å². The molecular weight excluding hydrogens is 609 g/mol. The van der Waals surface area contributed by atoms with Crippen molar-refractivity contribution in [1.29, 1.82) is 0 Å². The van der Waals surface area contributed by atoms with Gasteiger partial charge in [-0.1, -0.05) is 108 Å². The van der Waals surface area contributed by atoms with Gasteiger partial charge < -0.3 is 4.42 Å². The maximum Gasteiger partial charge on any atom is 0.198 e. The number of carbonyl (C=O) groups is 2. The molecule has 0 N–H and O–H groups in total. The highest BCUT2D eigenvalue weighted by atomic mass is 19.0. The Labute approximate surface area is 294 Å². The molecule has 2 heterocycles. The minimum absolute atomic E-state index is 0. The van der Waals surface area contributed by atoms with Crippen molar-refractivity contribution in [1.82, 2.24) is 4.98 Å². The summed E-state index contributed by atoms with van der Waals surface area (Å²) < 4.78 is 5.72. The Bertz CT molecular complexity index is 1550. The average Bonchev–Trinajstić information content (AvgIpc) is 3.41. The van der Waals surface area contributed by atoms with Gasteiger partial charge in [-0.3, -0.25) is 19.3 Å². The molecule has 0 bridgehead atoms. The van der Waals surface area contributed by atoms with Gasteiger partial charge in [0.25, 0.3) is 0 Å². The third kappa shape index (κ3) is 13.8. The molecule has 2 fully saturated rings. The summed E-state index contributed by atoms with van der Waals surface area (Å²) in [5.74, 6) is 5.56. The lowest BCUT2D eigenvalue weighted by Crippen LogP contribution is -2.14. The van der Waals surface area contributed by atoms with Crippen LogP contribution in [-0.2, 0) is 0 Å². The minimum atomic E-state index is 0. The number of rotatable bonds is 6. The van der Waals surface area contributed by atoms with Crippen molar-refractivity contribution in [2.45, 2.75) is 105 Å². The summed E-state index contributed by atoms with van der Waals surface area (Å²) in [5, 5.41) is 0.862. The number of terminal acetylenes is 1. The minimum Gasteiger partial charge on any atom is -0.453 e. The molecule has 2 unspecified atom stereocenters. The largest absolute Gasteiger partial charge is 0.453 e. The van der Waals surface area contributed by atoms with E-state index in [1.807, 2.05) is 32.0 Å². The lowest BCUT2D eigenvalue weighted by atomic mass is 9.84. The second-order valence-electron chi connectivity index (χ2n) is 13.4. The van der Waals surface area contributed by atoms with Crippen LogP contribution in [-0.4, -0.2) is 16.6 Å². The Balaban J connectivity index is 0.000000358. The number of furan rings is 1. The van der Waals surface area contributed by atoms with Gasteiger partial charge >= 0.3 is 0 Å². The van der Waals surface area contributed by atoms with Gasteiger partial charge in [0.1, 0.15) is 5.58 Å². The molecule has 4 aromatic rings. The van der Waals surface area contributed by atoms with Crippen LogP contribution in [0.2, 0.25) is 0 Å². The van der Waals surface area contributed by atoms with Crippen LogP contribution in [0.1, 0.15) is 129 Å². The maximum atomic E-state index is 12.7. The van der Waals surface area contributed by atoms with Crippen LogP contribution in [0.15, 0.2) is 77.5 Å². The average molecular weight is 667 g/mol. The highest BCUT2D eigenvalue weighted by Gasteiger charge is 2.25. The van der Waals surface area contributed by atoms with E-state index in [-0.39, 0.29) is 22.2 Å². The smallest absolute Gasteiger partial charge is 0.198 e. The van der Waals surface area contributed by atoms with E-state index >= 15 is 0 Å². The molecule has 5 heteroatoms. The number of aromatic nitrogens is 1. The highest BCUT2D eigenvalue weighted by Crippen LogP contribution is 2.33. The third-order valence-electron chi connectivity index (χ3n) is 9.52. The highest BCUT2D eigenvalue weighted by molar-refractivity contribution is 5.98. The number of hydrogen-bond donors (Lipinski definition) is 0. The zero-order valence-electron chi connectivity index (χ0n) is 30.4. The predicted molar refractivity (Wildman–Crippen MR) is 203 cm³/mol. The van der Waals surface area contributed by atoms with Crippen molar-refractivity contribution in [2.75, 3.05) is 0 Å². The Kier molecular flexibility index (Phi) is 18.3. The quantitative estimate of drug-likeness (QED) is 0.117. The number of fused-ring (bicyclic) bond motifs is 1. The lowest BCUT2D eigenvalue weighted by molar-refractivity contribution is 0.0903. The first-order valence-corrected chi connectivity index (χ1v) is 18.1. The Morgan fingerprint density at radius 3 is 2.08 bits per heavy atom. The number of Topliss-reactive ketones (excluding diaryl/α,β-unsaturated/α-hetero) is 2. The maximum absolute atomic E-state index is 12.7. The molecule has 263 valence electrons. The first-order chi connectivity index (χ1) is 23.2. The fraction of sp³-hybridized carbons (Fsp3) is 0.455. The lowest BCUT2D eigenvalue weighted by Gasteiger charge is -2.22. The topological polar surface area (TPSA) is 60.2 Å². The Hall–Kier alpha value is -4.04. The monoisotopic (exact) mass is 666 g/mol. The van der Waals surface area contributed by atoms with Crippen LogP contribution in [0.4, 0.5) is 4.70 Å². The van der Waals surface area contributed by atoms with Crippen molar-refractivity contribution in [2.24, 2.45) is 23.7 Å². The van der Waals surface area contributed by atoms with Gasteiger partial charge in [0, 0.05) is 41.2 Å². The molecule has 0 saturated heterocycles. The fourth-order valence-corrected chi connectivity index (χ4v) is 6.38. The second kappa shape index (κ2) is 21.8. The molecule has 1 radical (unpaired) electrons. The fourth-order valence-electron chi connectivity index (χ4n) is 6.38. The van der Waals surface area contributed by atoms with Gasteiger partial charge in [-0.15, -0.1) is 6.42 Å². The van der Waals surface area contributed by atoms with Crippen molar-refractivity contribution in [3.63, 3.8) is 0 Å². The number of halogens is 1. The number of nitrogens with zero attached hydrogens (tertiary/aromatic N) is 1. The van der Waals surface area contributed by atoms with Gasteiger partial charge in [0.05, 0.1) is 0 Å². The van der Waals surface area contributed by atoms with E-state index in [0.29, 0.717) is 23.7 Å². The molecule has 2 saturated carbocycles. The summed E-state index contributed by atoms with van der Waals surface area (Å²) in [6.07, 6.45) is 20.5. The van der Waals surface area contributed by atoms with Crippen molar-refractivity contribution < 1.29 is 18.7 Å². The summed E-state index contributed by atoms with van der Waals surface area (Å²) in [6, 6.07) is 19.3. The molecule has 49 heavy (non-hydrogen) atoms. The number of aryl methyl sites for hydroxylation is 2. The van der Waals surface area contributed by atoms with Crippen molar-refractivity contribution >= 4 is 22.5 Å². The van der Waals surface area contributed by atoms with Crippen LogP contribution < -0.4 is 0 Å². The molecule has 2 aliphatic rings. The van der Waals surface area contributed by atoms with Gasteiger partial charge in [-0.25, -0.2) is 0 Å². The molecule has 4 nitrogen and oxygen atoms in total. The molecule has 2 aliphatic carbocycles. The summed E-state index contributed by atoms with van der Waals surface area (Å²) in [7, 11) is 0. The molecular formula is C44H57FNO3. The summed E-state index contributed by atoms with van der Waals surface area (Å²) in [5.41, 5.74) is 4.87. The summed E-state index contributed by atoms with van der Waals surface area (Å²) in [6.45, 7) is 14.6. The van der Waals surface area contributed by atoms with Crippen LogP contribution >= 0.6 is 0 Å². The van der Waals surface area contributed by atoms with Crippen LogP contribution in [0.3, 0.4) is 0 Å². The molecule has 0 spiro atoms. The first-order valence-electron chi connectivity index (χ1n) is 18.1. The van der Waals surface area contributed by atoms with Gasteiger partial charge in [-0.2, -0.15) is 0 Å². The Morgan fingerprint density at radius 2 is 1.49 bits per heavy atom. The van der Waals surface area contributed by atoms with E-state index in [1.165, 1.54) is 36.8 Å². The number of pyridine rings is 1. The molecule has 0 amide bonds. The van der Waals surface area contributed by atoms with E-state index in [9.17, 15) is 9.59 Å². The van der Waals surface area contributed by atoms with E-state index in [0.717, 1.165) is 66.9 Å². The van der Waals surface area contributed by atoms with Crippen LogP contribution in [0, 0.1) is 56.8 Å². The van der Waals surface area contributed by atoms with E-state index in [1.54, 1.807) is 30.6 Å². The van der Waals surface area contributed by atoms with Gasteiger partial charge in [-0.05, 0) is 93.7 Å². The summed E-state index contributed by atoms with van der Waals surface area (Å²) >= 11 is 0. The van der Waals surface area contributed by atoms with Crippen molar-refractivity contribution in [3.8, 4) is 12.3 Å². The zero-order valence-corrected chi connectivity index (χ0v) is 30.4. The SMILES string of the molecule is C#Cc1ccc2oc(C(=O)CCC3CCCC(C(=O)c4ccncc4)CC3)cc2c1.CC.Cc1ccc(C)cc1.F.[CH2]C1CCC(C)CC1. The van der Waals surface area contributed by atoms with Crippen molar-refractivity contribution in [3.05, 3.63) is 108 Å². The van der Waals surface area contributed by atoms with Gasteiger partial charge in [0.2, 0.25) is 0 Å². The normalized spacial score (nSPS) is 19.9. The molecule has 6 rings (SSSR count). The summed E-state index contributed by atoms with van der Waals surface area (Å²) in [4.78, 5) is 29.4. The number of hydrogen-bond acceptors (Lipinski definition) is 4. The molecule has 0 aliphatic heterocycles. The Morgan fingerprint density at radius 1 is 0.857 bits per heavy atom. The predicted octanol–water partition coefficient (Wildman–Crippen LogP) is 12.0. The molecule has 2 aromatic carbocycles.